The van der Waals surface area contributed by atoms with Gasteiger partial charge in [0, 0.05) is 31.2 Å². The first-order valence-electron chi connectivity index (χ1n) is 13.3. The second-order valence-electron chi connectivity index (χ2n) is 10.4. The quantitative estimate of drug-likeness (QED) is 0.503. The number of aryl methyl sites for hydroxylation is 1. The summed E-state index contributed by atoms with van der Waals surface area (Å²) in [6, 6.07) is 13.2. The summed E-state index contributed by atoms with van der Waals surface area (Å²) in [5.41, 5.74) is 3.56. The number of anilines is 2. The van der Waals surface area contributed by atoms with E-state index < -0.39 is 10.0 Å². The molecule has 2 N–H and O–H groups in total. The standard InChI is InChI=1S/C28H37N3O3S/c32-28(17-14-21-8-1-2-9-21)29-23-15-16-26(31-18-5-6-19-31)27(20-23)35(33,34)30-25-13-7-11-22-10-3-4-12-24(22)25/h3-4,10,12,15-16,20-21,25,30H,1-2,5-9,11,13-14,17-19H2,(H,29,32)/t25-/m0/s1. The van der Waals surface area contributed by atoms with Crippen LogP contribution in [0.3, 0.4) is 0 Å². The smallest absolute Gasteiger partial charge is 0.243 e. The van der Waals surface area contributed by atoms with Crippen molar-refractivity contribution in [3.63, 3.8) is 0 Å². The van der Waals surface area contributed by atoms with Gasteiger partial charge in [-0.1, -0.05) is 49.9 Å². The minimum absolute atomic E-state index is 0.0386. The first-order chi connectivity index (χ1) is 17.0. The van der Waals surface area contributed by atoms with Crippen molar-refractivity contribution in [2.24, 2.45) is 5.92 Å². The van der Waals surface area contributed by atoms with E-state index in [1.165, 1.54) is 31.2 Å². The second kappa shape index (κ2) is 10.7. The molecule has 1 amide bonds. The molecule has 1 heterocycles. The maximum Gasteiger partial charge on any atom is 0.243 e. The fourth-order valence-electron chi connectivity index (χ4n) is 6.01. The van der Waals surface area contributed by atoms with Crippen molar-refractivity contribution in [1.82, 2.24) is 4.72 Å². The molecule has 0 aromatic heterocycles. The van der Waals surface area contributed by atoms with Gasteiger partial charge >= 0.3 is 0 Å². The molecule has 1 aliphatic heterocycles. The van der Waals surface area contributed by atoms with E-state index in [2.05, 4.69) is 21.0 Å². The van der Waals surface area contributed by atoms with E-state index in [1.54, 1.807) is 6.07 Å². The SMILES string of the molecule is O=C(CCC1CCCC1)Nc1ccc(N2CCCC2)c(S(=O)(=O)N[C@H]2CCCc3ccccc32)c1. The molecule has 35 heavy (non-hydrogen) atoms. The van der Waals surface area contributed by atoms with Gasteiger partial charge in [0.05, 0.1) is 5.69 Å². The molecular formula is C28H37N3O3S. The molecule has 2 aromatic carbocycles. The Kier molecular flexibility index (Phi) is 7.44. The van der Waals surface area contributed by atoms with Crippen molar-refractivity contribution < 1.29 is 13.2 Å². The molecule has 0 unspecified atom stereocenters. The fourth-order valence-corrected chi connectivity index (χ4v) is 7.51. The zero-order valence-electron chi connectivity index (χ0n) is 20.5. The number of rotatable bonds is 8. The lowest BCUT2D eigenvalue weighted by Gasteiger charge is -2.28. The number of carbonyl (C=O) groups excluding carboxylic acids is 1. The molecule has 6 nitrogen and oxygen atoms in total. The van der Waals surface area contributed by atoms with Gasteiger partial charge in [0.1, 0.15) is 4.90 Å². The summed E-state index contributed by atoms with van der Waals surface area (Å²) in [6.07, 6.45) is 11.2. The predicted octanol–water partition coefficient (Wildman–Crippen LogP) is 5.55. The molecule has 1 saturated heterocycles. The van der Waals surface area contributed by atoms with E-state index in [0.29, 0.717) is 18.0 Å². The first kappa shape index (κ1) is 24.3. The number of fused-ring (bicyclic) bond motifs is 1. The number of carbonyl (C=O) groups is 1. The third-order valence-electron chi connectivity index (χ3n) is 7.90. The van der Waals surface area contributed by atoms with Crippen LogP contribution in [0.15, 0.2) is 47.4 Å². The number of nitrogens with one attached hydrogen (secondary N) is 2. The number of hydrogen-bond acceptors (Lipinski definition) is 4. The highest BCUT2D eigenvalue weighted by molar-refractivity contribution is 7.89. The summed E-state index contributed by atoms with van der Waals surface area (Å²) in [5, 5.41) is 2.97. The third kappa shape index (κ3) is 5.72. The summed E-state index contributed by atoms with van der Waals surface area (Å²) in [4.78, 5) is 15.0. The van der Waals surface area contributed by atoms with Crippen LogP contribution in [0.1, 0.15) is 81.4 Å². The molecular weight excluding hydrogens is 458 g/mol. The van der Waals surface area contributed by atoms with E-state index in [-0.39, 0.29) is 16.8 Å². The van der Waals surface area contributed by atoms with E-state index in [9.17, 15) is 13.2 Å². The Labute approximate surface area is 209 Å². The number of sulfonamides is 1. The number of nitrogens with zero attached hydrogens (tertiary/aromatic N) is 1. The molecule has 0 radical (unpaired) electrons. The van der Waals surface area contributed by atoms with E-state index in [1.807, 2.05) is 30.3 Å². The Balaban J connectivity index is 1.37. The molecule has 188 valence electrons. The molecule has 1 saturated carbocycles. The van der Waals surface area contributed by atoms with Gasteiger partial charge in [-0.05, 0) is 73.8 Å². The van der Waals surface area contributed by atoms with Crippen LogP contribution in [0.5, 0.6) is 0 Å². The Hall–Kier alpha value is -2.38. The number of hydrogen-bond donors (Lipinski definition) is 2. The van der Waals surface area contributed by atoms with Gasteiger partial charge in [-0.2, -0.15) is 0 Å². The van der Waals surface area contributed by atoms with Crippen LogP contribution in [0.25, 0.3) is 0 Å². The van der Waals surface area contributed by atoms with Crippen LogP contribution in [0.4, 0.5) is 11.4 Å². The van der Waals surface area contributed by atoms with Crippen LogP contribution in [-0.2, 0) is 21.2 Å². The molecule has 5 rings (SSSR count). The van der Waals surface area contributed by atoms with Crippen LogP contribution in [0, 0.1) is 5.92 Å². The summed E-state index contributed by atoms with van der Waals surface area (Å²) in [7, 11) is -3.80. The number of amides is 1. The Morgan fingerprint density at radius 2 is 1.71 bits per heavy atom. The summed E-state index contributed by atoms with van der Waals surface area (Å²) in [6.45, 7) is 1.70. The average Bonchev–Trinajstić information content (AvgIpc) is 3.58. The first-order valence-corrected chi connectivity index (χ1v) is 14.8. The zero-order valence-corrected chi connectivity index (χ0v) is 21.3. The second-order valence-corrected chi connectivity index (χ2v) is 12.1. The predicted molar refractivity (Wildman–Crippen MR) is 140 cm³/mol. The largest absolute Gasteiger partial charge is 0.370 e. The highest BCUT2D eigenvalue weighted by Crippen LogP contribution is 2.35. The molecule has 0 spiro atoms. The summed E-state index contributed by atoms with van der Waals surface area (Å²) < 4.78 is 30.6. The van der Waals surface area contributed by atoms with E-state index >= 15 is 0 Å². The summed E-state index contributed by atoms with van der Waals surface area (Å²) >= 11 is 0. The van der Waals surface area contributed by atoms with Crippen LogP contribution in [0.2, 0.25) is 0 Å². The van der Waals surface area contributed by atoms with Crippen molar-refractivity contribution >= 4 is 27.3 Å². The zero-order chi connectivity index (χ0) is 24.3. The van der Waals surface area contributed by atoms with Crippen molar-refractivity contribution in [1.29, 1.82) is 0 Å². The molecule has 2 fully saturated rings. The van der Waals surface area contributed by atoms with Gasteiger partial charge in [-0.3, -0.25) is 4.79 Å². The lowest BCUT2D eigenvalue weighted by molar-refractivity contribution is -0.116. The highest BCUT2D eigenvalue weighted by Gasteiger charge is 2.29. The maximum atomic E-state index is 13.8. The van der Waals surface area contributed by atoms with Crippen LogP contribution >= 0.6 is 0 Å². The molecule has 1 atom stereocenters. The van der Waals surface area contributed by atoms with Crippen LogP contribution in [-0.4, -0.2) is 27.4 Å². The lowest BCUT2D eigenvalue weighted by atomic mass is 9.88. The Morgan fingerprint density at radius 3 is 2.51 bits per heavy atom. The monoisotopic (exact) mass is 495 g/mol. The van der Waals surface area contributed by atoms with E-state index in [4.69, 9.17) is 0 Å². The van der Waals surface area contributed by atoms with Crippen molar-refractivity contribution in [2.45, 2.75) is 81.6 Å². The van der Waals surface area contributed by atoms with Crippen molar-refractivity contribution in [2.75, 3.05) is 23.3 Å². The summed E-state index contributed by atoms with van der Waals surface area (Å²) in [5.74, 6) is 0.611. The minimum Gasteiger partial charge on any atom is -0.370 e. The van der Waals surface area contributed by atoms with Gasteiger partial charge in [0.25, 0.3) is 0 Å². The van der Waals surface area contributed by atoms with Crippen molar-refractivity contribution in [3.8, 4) is 0 Å². The minimum atomic E-state index is -3.80. The van der Waals surface area contributed by atoms with Gasteiger partial charge in [0.15, 0.2) is 0 Å². The molecule has 2 aliphatic carbocycles. The maximum absolute atomic E-state index is 13.8. The Morgan fingerprint density at radius 1 is 0.943 bits per heavy atom. The molecule has 7 heteroatoms. The molecule has 2 aromatic rings. The third-order valence-corrected chi connectivity index (χ3v) is 9.40. The lowest BCUT2D eigenvalue weighted by Crippen LogP contribution is -2.32. The van der Waals surface area contributed by atoms with Gasteiger partial charge in [0.2, 0.25) is 15.9 Å². The van der Waals surface area contributed by atoms with Gasteiger partial charge < -0.3 is 10.2 Å². The van der Waals surface area contributed by atoms with E-state index in [0.717, 1.165) is 62.9 Å². The van der Waals surface area contributed by atoms with Gasteiger partial charge in [-0.15, -0.1) is 0 Å². The average molecular weight is 496 g/mol. The Bertz CT molecular complexity index is 1150. The topological polar surface area (TPSA) is 78.5 Å². The highest BCUT2D eigenvalue weighted by atomic mass is 32.2. The normalized spacial score (nSPS) is 20.7. The van der Waals surface area contributed by atoms with Crippen LogP contribution < -0.4 is 14.9 Å². The van der Waals surface area contributed by atoms with Gasteiger partial charge in [-0.25, -0.2) is 13.1 Å². The number of benzene rings is 2. The molecule has 3 aliphatic rings. The van der Waals surface area contributed by atoms with Crippen molar-refractivity contribution in [3.05, 3.63) is 53.6 Å². The molecule has 0 bridgehead atoms. The fraction of sp³-hybridized carbons (Fsp3) is 0.536.